The van der Waals surface area contributed by atoms with E-state index in [0.717, 1.165) is 11.8 Å². The number of rotatable bonds is 5. The van der Waals surface area contributed by atoms with Crippen molar-refractivity contribution in [1.29, 1.82) is 0 Å². The van der Waals surface area contributed by atoms with Crippen LogP contribution in [0.4, 0.5) is 10.8 Å². The SMILES string of the molecule is CS(=O)(=O)Nc1ccc(-c2csc(NC(=O)c3ccccn3)n2)cc1. The van der Waals surface area contributed by atoms with Crippen LogP contribution in [-0.4, -0.2) is 30.5 Å². The van der Waals surface area contributed by atoms with Crippen molar-refractivity contribution in [2.75, 3.05) is 16.3 Å². The van der Waals surface area contributed by atoms with Gasteiger partial charge >= 0.3 is 0 Å². The summed E-state index contributed by atoms with van der Waals surface area (Å²) in [7, 11) is -3.31. The second-order valence-electron chi connectivity index (χ2n) is 5.16. The lowest BCUT2D eigenvalue weighted by Crippen LogP contribution is -2.13. The molecule has 0 spiro atoms. The van der Waals surface area contributed by atoms with Crippen LogP contribution in [0, 0.1) is 0 Å². The number of pyridine rings is 1. The Balaban J connectivity index is 1.72. The molecule has 128 valence electrons. The molecule has 0 unspecified atom stereocenters. The number of amides is 1. The van der Waals surface area contributed by atoms with E-state index in [-0.39, 0.29) is 5.91 Å². The Labute approximate surface area is 148 Å². The summed E-state index contributed by atoms with van der Waals surface area (Å²) in [4.78, 5) is 20.4. The zero-order valence-electron chi connectivity index (χ0n) is 13.1. The van der Waals surface area contributed by atoms with Crippen LogP contribution in [-0.2, 0) is 10.0 Å². The van der Waals surface area contributed by atoms with Gasteiger partial charge in [0.2, 0.25) is 10.0 Å². The fourth-order valence-electron chi connectivity index (χ4n) is 2.05. The second kappa shape index (κ2) is 6.99. The summed E-state index contributed by atoms with van der Waals surface area (Å²) in [6, 6.07) is 11.9. The minimum atomic E-state index is -3.31. The predicted octanol–water partition coefficient (Wildman–Crippen LogP) is 2.83. The van der Waals surface area contributed by atoms with Gasteiger partial charge in [0.05, 0.1) is 11.9 Å². The summed E-state index contributed by atoms with van der Waals surface area (Å²) < 4.78 is 24.8. The number of carbonyl (C=O) groups excluding carboxylic acids is 1. The quantitative estimate of drug-likeness (QED) is 0.715. The van der Waals surface area contributed by atoms with Crippen molar-refractivity contribution in [3.05, 3.63) is 59.7 Å². The summed E-state index contributed by atoms with van der Waals surface area (Å²) in [6.07, 6.45) is 2.65. The Bertz CT molecular complexity index is 984. The summed E-state index contributed by atoms with van der Waals surface area (Å²) in [5.74, 6) is -0.325. The largest absolute Gasteiger partial charge is 0.296 e. The molecule has 0 fully saturated rings. The fourth-order valence-corrected chi connectivity index (χ4v) is 3.32. The molecule has 0 aliphatic rings. The number of hydrogen-bond donors (Lipinski definition) is 2. The van der Waals surface area contributed by atoms with Gasteiger partial charge in [0, 0.05) is 22.8 Å². The first-order valence-electron chi connectivity index (χ1n) is 7.17. The lowest BCUT2D eigenvalue weighted by molar-refractivity contribution is 0.102. The topological polar surface area (TPSA) is 101 Å². The van der Waals surface area contributed by atoms with E-state index in [2.05, 4.69) is 20.0 Å². The zero-order chi connectivity index (χ0) is 17.9. The van der Waals surface area contributed by atoms with Gasteiger partial charge in [0.15, 0.2) is 5.13 Å². The van der Waals surface area contributed by atoms with E-state index >= 15 is 0 Å². The molecule has 0 radical (unpaired) electrons. The minimum absolute atomic E-state index is 0.315. The molecule has 7 nitrogen and oxygen atoms in total. The highest BCUT2D eigenvalue weighted by Crippen LogP contribution is 2.26. The molecule has 2 N–H and O–H groups in total. The summed E-state index contributed by atoms with van der Waals surface area (Å²) in [5, 5.41) is 4.98. The number of nitrogens with one attached hydrogen (secondary N) is 2. The molecule has 2 aromatic heterocycles. The number of carbonyl (C=O) groups is 1. The minimum Gasteiger partial charge on any atom is -0.296 e. The van der Waals surface area contributed by atoms with Crippen LogP contribution in [0.3, 0.4) is 0 Å². The molecule has 0 saturated heterocycles. The zero-order valence-corrected chi connectivity index (χ0v) is 14.8. The van der Waals surface area contributed by atoms with E-state index in [9.17, 15) is 13.2 Å². The van der Waals surface area contributed by atoms with Crippen LogP contribution in [0.2, 0.25) is 0 Å². The first-order chi connectivity index (χ1) is 11.9. The van der Waals surface area contributed by atoms with Crippen molar-refractivity contribution >= 4 is 38.1 Å². The lowest BCUT2D eigenvalue weighted by Gasteiger charge is -2.04. The summed E-state index contributed by atoms with van der Waals surface area (Å²) in [5.41, 5.74) is 2.29. The van der Waals surface area contributed by atoms with Crippen molar-refractivity contribution in [1.82, 2.24) is 9.97 Å². The molecular weight excluding hydrogens is 360 g/mol. The van der Waals surface area contributed by atoms with E-state index in [4.69, 9.17) is 0 Å². The number of aromatic nitrogens is 2. The highest BCUT2D eigenvalue weighted by Gasteiger charge is 2.11. The normalized spacial score (nSPS) is 11.1. The first kappa shape index (κ1) is 17.1. The van der Waals surface area contributed by atoms with Crippen LogP contribution in [0.15, 0.2) is 54.0 Å². The van der Waals surface area contributed by atoms with Gasteiger partial charge < -0.3 is 0 Å². The number of sulfonamides is 1. The molecule has 1 amide bonds. The van der Waals surface area contributed by atoms with E-state index in [1.165, 1.54) is 11.3 Å². The van der Waals surface area contributed by atoms with Gasteiger partial charge in [-0.25, -0.2) is 13.4 Å². The van der Waals surface area contributed by atoms with Crippen LogP contribution < -0.4 is 10.0 Å². The standard InChI is InChI=1S/C16H14N4O3S2/c1-25(22,23)20-12-7-5-11(6-8-12)14-10-24-16(18-14)19-15(21)13-4-2-3-9-17-13/h2-10,20H,1H3,(H,18,19,21). The van der Waals surface area contributed by atoms with Gasteiger partial charge in [0.1, 0.15) is 5.69 Å². The Morgan fingerprint density at radius 2 is 1.88 bits per heavy atom. The van der Waals surface area contributed by atoms with E-state index in [1.54, 1.807) is 48.7 Å². The van der Waals surface area contributed by atoms with E-state index in [0.29, 0.717) is 22.2 Å². The Morgan fingerprint density at radius 1 is 1.12 bits per heavy atom. The van der Waals surface area contributed by atoms with Crippen molar-refractivity contribution in [3.63, 3.8) is 0 Å². The number of anilines is 2. The Kier molecular flexibility index (Phi) is 4.77. The van der Waals surface area contributed by atoms with Crippen molar-refractivity contribution in [2.24, 2.45) is 0 Å². The number of benzene rings is 1. The lowest BCUT2D eigenvalue weighted by atomic mass is 10.1. The number of hydrogen-bond acceptors (Lipinski definition) is 6. The molecule has 3 rings (SSSR count). The maximum Gasteiger partial charge on any atom is 0.276 e. The van der Waals surface area contributed by atoms with Gasteiger partial charge in [-0.2, -0.15) is 0 Å². The molecule has 0 atom stereocenters. The number of nitrogens with zero attached hydrogens (tertiary/aromatic N) is 2. The van der Waals surface area contributed by atoms with Gasteiger partial charge in [-0.1, -0.05) is 18.2 Å². The van der Waals surface area contributed by atoms with E-state index in [1.807, 2.05) is 5.38 Å². The number of thiazole rings is 1. The van der Waals surface area contributed by atoms with Gasteiger partial charge in [-0.3, -0.25) is 19.8 Å². The van der Waals surface area contributed by atoms with Crippen LogP contribution in [0.25, 0.3) is 11.3 Å². The molecule has 0 aliphatic carbocycles. The van der Waals surface area contributed by atoms with Crippen molar-refractivity contribution in [3.8, 4) is 11.3 Å². The molecule has 0 saturated carbocycles. The predicted molar refractivity (Wildman–Crippen MR) is 98.2 cm³/mol. The van der Waals surface area contributed by atoms with Crippen molar-refractivity contribution in [2.45, 2.75) is 0 Å². The first-order valence-corrected chi connectivity index (χ1v) is 9.94. The van der Waals surface area contributed by atoms with Crippen LogP contribution >= 0.6 is 11.3 Å². The average Bonchev–Trinajstić information content (AvgIpc) is 3.03. The van der Waals surface area contributed by atoms with Gasteiger partial charge in [-0.15, -0.1) is 11.3 Å². The Morgan fingerprint density at radius 3 is 2.52 bits per heavy atom. The molecule has 9 heteroatoms. The highest BCUT2D eigenvalue weighted by atomic mass is 32.2. The third-order valence-electron chi connectivity index (χ3n) is 3.11. The summed E-state index contributed by atoms with van der Waals surface area (Å²) in [6.45, 7) is 0. The average molecular weight is 374 g/mol. The van der Waals surface area contributed by atoms with Crippen LogP contribution in [0.1, 0.15) is 10.5 Å². The van der Waals surface area contributed by atoms with Gasteiger partial charge in [0.25, 0.3) is 5.91 Å². The third kappa shape index (κ3) is 4.61. The second-order valence-corrected chi connectivity index (χ2v) is 7.77. The maximum atomic E-state index is 12.1. The van der Waals surface area contributed by atoms with E-state index < -0.39 is 10.0 Å². The van der Waals surface area contributed by atoms with Crippen molar-refractivity contribution < 1.29 is 13.2 Å². The smallest absolute Gasteiger partial charge is 0.276 e. The monoisotopic (exact) mass is 374 g/mol. The van der Waals surface area contributed by atoms with Crippen LogP contribution in [0.5, 0.6) is 0 Å². The molecule has 1 aromatic carbocycles. The van der Waals surface area contributed by atoms with Gasteiger partial charge in [-0.05, 0) is 24.3 Å². The summed E-state index contributed by atoms with van der Waals surface area (Å²) >= 11 is 1.30. The molecular formula is C16H14N4O3S2. The molecule has 0 bridgehead atoms. The Hall–Kier alpha value is -2.78. The fraction of sp³-hybridized carbons (Fsp3) is 0.0625. The molecule has 2 heterocycles. The molecule has 25 heavy (non-hydrogen) atoms. The molecule has 0 aliphatic heterocycles. The highest BCUT2D eigenvalue weighted by molar-refractivity contribution is 7.92. The maximum absolute atomic E-state index is 12.1. The molecule has 3 aromatic rings. The third-order valence-corrected chi connectivity index (χ3v) is 4.47.